The van der Waals surface area contributed by atoms with Crippen LogP contribution in [0.3, 0.4) is 0 Å². The van der Waals surface area contributed by atoms with E-state index in [0.29, 0.717) is 5.69 Å². The number of ether oxygens (including phenoxy) is 1. The van der Waals surface area contributed by atoms with Crippen LogP contribution < -0.4 is 4.74 Å². The summed E-state index contributed by atoms with van der Waals surface area (Å²) in [5.41, 5.74) is -0.243. The third-order valence-corrected chi connectivity index (χ3v) is 2.71. The number of rotatable bonds is 5. The summed E-state index contributed by atoms with van der Waals surface area (Å²) in [5, 5.41) is 19.9. The van der Waals surface area contributed by atoms with Crippen LogP contribution in [-0.4, -0.2) is 25.6 Å². The monoisotopic (exact) mass is 277 g/mol. The van der Waals surface area contributed by atoms with Gasteiger partial charge in [-0.25, -0.2) is 9.78 Å². The minimum Gasteiger partial charge on any atom is -0.486 e. The number of benzene rings is 1. The summed E-state index contributed by atoms with van der Waals surface area (Å²) >= 11 is 0. The number of carboxylic acid groups (broad SMARTS) is 1. The smallest absolute Gasteiger partial charge is 0.346 e. The first-order chi connectivity index (χ1) is 9.50. The van der Waals surface area contributed by atoms with Gasteiger partial charge >= 0.3 is 5.97 Å². The van der Waals surface area contributed by atoms with Crippen molar-refractivity contribution in [2.24, 2.45) is 7.05 Å². The lowest BCUT2D eigenvalue weighted by atomic mass is 10.1. The largest absolute Gasteiger partial charge is 0.486 e. The molecular formula is C12H11N3O5. The fourth-order valence-electron chi connectivity index (χ4n) is 1.68. The van der Waals surface area contributed by atoms with Crippen molar-refractivity contribution in [1.82, 2.24) is 9.55 Å². The van der Waals surface area contributed by atoms with E-state index in [2.05, 4.69) is 4.98 Å². The van der Waals surface area contributed by atoms with Crippen molar-refractivity contribution in [2.75, 3.05) is 0 Å². The molecule has 0 spiro atoms. The van der Waals surface area contributed by atoms with Crippen LogP contribution in [0, 0.1) is 10.1 Å². The average Bonchev–Trinajstić information content (AvgIpc) is 2.81. The molecule has 0 radical (unpaired) electrons. The molecule has 0 fully saturated rings. The molecule has 1 aromatic carbocycles. The molecular weight excluding hydrogens is 266 g/mol. The van der Waals surface area contributed by atoms with E-state index in [1.807, 2.05) is 0 Å². The second kappa shape index (κ2) is 5.39. The lowest BCUT2D eigenvalue weighted by molar-refractivity contribution is -0.385. The lowest BCUT2D eigenvalue weighted by Gasteiger charge is -2.09. The minimum atomic E-state index is -1.41. The van der Waals surface area contributed by atoms with Crippen molar-refractivity contribution in [2.45, 2.75) is 6.61 Å². The summed E-state index contributed by atoms with van der Waals surface area (Å²) in [4.78, 5) is 25.2. The quantitative estimate of drug-likeness (QED) is 0.657. The number of aromatic nitrogens is 2. The number of carbonyl (C=O) groups is 1. The molecule has 0 saturated heterocycles. The molecule has 104 valence electrons. The maximum atomic E-state index is 11.2. The molecule has 0 saturated carbocycles. The molecule has 8 heteroatoms. The summed E-state index contributed by atoms with van der Waals surface area (Å²) in [6.07, 6.45) is 3.14. The van der Waals surface area contributed by atoms with Crippen LogP contribution >= 0.6 is 0 Å². The number of nitro groups is 1. The van der Waals surface area contributed by atoms with Crippen molar-refractivity contribution in [3.63, 3.8) is 0 Å². The molecule has 2 rings (SSSR count). The maximum Gasteiger partial charge on any atom is 0.346 e. The highest BCUT2D eigenvalue weighted by molar-refractivity contribution is 5.95. The summed E-state index contributed by atoms with van der Waals surface area (Å²) < 4.78 is 7.07. The first kappa shape index (κ1) is 13.5. The van der Waals surface area contributed by atoms with Gasteiger partial charge in [0.25, 0.3) is 5.69 Å². The zero-order valence-corrected chi connectivity index (χ0v) is 10.5. The molecule has 20 heavy (non-hydrogen) atoms. The van der Waals surface area contributed by atoms with Crippen LogP contribution in [0.15, 0.2) is 30.7 Å². The molecule has 0 aliphatic carbocycles. The Bertz CT molecular complexity index is 665. The number of carboxylic acids is 1. The van der Waals surface area contributed by atoms with Gasteiger partial charge in [0.1, 0.15) is 12.4 Å². The van der Waals surface area contributed by atoms with Gasteiger partial charge in [-0.05, 0) is 6.07 Å². The van der Waals surface area contributed by atoms with Crippen molar-refractivity contribution in [3.05, 3.63) is 52.1 Å². The predicted octanol–water partition coefficient (Wildman–Crippen LogP) is 1.61. The van der Waals surface area contributed by atoms with Crippen LogP contribution in [0.25, 0.3) is 0 Å². The summed E-state index contributed by atoms with van der Waals surface area (Å²) in [6.45, 7) is 0.0674. The number of imidazole rings is 1. The van der Waals surface area contributed by atoms with Crippen LogP contribution in [0.5, 0.6) is 5.75 Å². The molecule has 1 aromatic heterocycles. The number of aromatic carboxylic acids is 1. The van der Waals surface area contributed by atoms with Crippen LogP contribution in [0.4, 0.5) is 5.69 Å². The van der Waals surface area contributed by atoms with Crippen molar-refractivity contribution < 1.29 is 19.6 Å². The number of nitro benzene ring substituents is 1. The molecule has 0 aliphatic heterocycles. The molecule has 0 unspecified atom stereocenters. The summed E-state index contributed by atoms with van der Waals surface area (Å²) in [6, 6.07) is 3.89. The van der Waals surface area contributed by atoms with Gasteiger partial charge in [0, 0.05) is 13.1 Å². The SMILES string of the molecule is Cn1cncc1COc1cccc([N+](=O)[O-])c1C(=O)O. The zero-order chi connectivity index (χ0) is 14.7. The Morgan fingerprint density at radius 3 is 2.85 bits per heavy atom. The topological polar surface area (TPSA) is 107 Å². The maximum absolute atomic E-state index is 11.2. The highest BCUT2D eigenvalue weighted by atomic mass is 16.6. The summed E-state index contributed by atoms with van der Waals surface area (Å²) in [7, 11) is 1.76. The second-order valence-corrected chi connectivity index (χ2v) is 4.00. The number of hydrogen-bond donors (Lipinski definition) is 1. The van der Waals surface area contributed by atoms with Crippen LogP contribution in [0.1, 0.15) is 16.1 Å². The van der Waals surface area contributed by atoms with Gasteiger partial charge in [-0.15, -0.1) is 0 Å². The number of aryl methyl sites for hydroxylation is 1. The normalized spacial score (nSPS) is 10.2. The van der Waals surface area contributed by atoms with Gasteiger partial charge < -0.3 is 14.4 Å². The fourth-order valence-corrected chi connectivity index (χ4v) is 1.68. The van der Waals surface area contributed by atoms with Crippen molar-refractivity contribution in [1.29, 1.82) is 0 Å². The Hall–Kier alpha value is -2.90. The van der Waals surface area contributed by atoms with Crippen LogP contribution in [-0.2, 0) is 13.7 Å². The molecule has 8 nitrogen and oxygen atoms in total. The van der Waals surface area contributed by atoms with Crippen molar-refractivity contribution >= 4 is 11.7 Å². The summed E-state index contributed by atoms with van der Waals surface area (Å²) in [5.74, 6) is -1.45. The lowest BCUT2D eigenvalue weighted by Crippen LogP contribution is -2.08. The van der Waals surface area contributed by atoms with Gasteiger partial charge in [0.05, 0.1) is 23.1 Å². The van der Waals surface area contributed by atoms with E-state index >= 15 is 0 Å². The minimum absolute atomic E-state index is 0.0482. The number of nitrogens with zero attached hydrogens (tertiary/aromatic N) is 3. The first-order valence-electron chi connectivity index (χ1n) is 5.59. The Morgan fingerprint density at radius 2 is 2.30 bits per heavy atom. The van der Waals surface area contributed by atoms with Gasteiger partial charge in [0.2, 0.25) is 0 Å². The average molecular weight is 277 g/mol. The third-order valence-electron chi connectivity index (χ3n) is 2.71. The van der Waals surface area contributed by atoms with E-state index in [9.17, 15) is 14.9 Å². The molecule has 0 atom stereocenters. The zero-order valence-electron chi connectivity index (χ0n) is 10.5. The van der Waals surface area contributed by atoms with E-state index in [1.54, 1.807) is 24.1 Å². The van der Waals surface area contributed by atoms with E-state index in [-0.39, 0.29) is 12.4 Å². The van der Waals surface area contributed by atoms with Gasteiger partial charge in [-0.1, -0.05) is 6.07 Å². The van der Waals surface area contributed by atoms with E-state index in [1.165, 1.54) is 12.1 Å². The van der Waals surface area contributed by atoms with Crippen LogP contribution in [0.2, 0.25) is 0 Å². The van der Waals surface area contributed by atoms with E-state index < -0.39 is 22.1 Å². The molecule has 0 aliphatic rings. The molecule has 2 aromatic rings. The predicted molar refractivity (Wildman–Crippen MR) is 67.6 cm³/mol. The Labute approximate surface area is 113 Å². The van der Waals surface area contributed by atoms with E-state index in [0.717, 1.165) is 6.07 Å². The van der Waals surface area contributed by atoms with E-state index in [4.69, 9.17) is 9.84 Å². The van der Waals surface area contributed by atoms with Crippen molar-refractivity contribution in [3.8, 4) is 5.75 Å². The molecule has 1 heterocycles. The highest BCUT2D eigenvalue weighted by Gasteiger charge is 2.24. The van der Waals surface area contributed by atoms with Gasteiger partial charge in [-0.2, -0.15) is 0 Å². The molecule has 0 amide bonds. The Morgan fingerprint density at radius 1 is 1.55 bits per heavy atom. The second-order valence-electron chi connectivity index (χ2n) is 4.00. The van der Waals surface area contributed by atoms with Gasteiger partial charge in [0.15, 0.2) is 5.56 Å². The number of hydrogen-bond acceptors (Lipinski definition) is 5. The molecule has 0 bridgehead atoms. The Balaban J connectivity index is 2.32. The highest BCUT2D eigenvalue weighted by Crippen LogP contribution is 2.28. The molecule has 1 N–H and O–H groups in total. The third kappa shape index (κ3) is 2.58. The first-order valence-corrected chi connectivity index (χ1v) is 5.59. The fraction of sp³-hybridized carbons (Fsp3) is 0.167. The Kier molecular flexibility index (Phi) is 3.65. The standard InChI is InChI=1S/C12H11N3O5/c1-14-7-13-5-8(14)6-20-10-4-2-3-9(15(18)19)11(10)12(16)17/h2-5,7H,6H2,1H3,(H,16,17). The van der Waals surface area contributed by atoms with Gasteiger partial charge in [-0.3, -0.25) is 10.1 Å².